The van der Waals surface area contributed by atoms with E-state index in [1.165, 1.54) is 12.1 Å². The van der Waals surface area contributed by atoms with Gasteiger partial charge in [-0.2, -0.15) is 13.2 Å². The van der Waals surface area contributed by atoms with Crippen molar-refractivity contribution in [3.63, 3.8) is 0 Å². The van der Waals surface area contributed by atoms with Crippen LogP contribution in [0.3, 0.4) is 0 Å². The van der Waals surface area contributed by atoms with Crippen LogP contribution in [0.2, 0.25) is 0 Å². The molecule has 0 unspecified atom stereocenters. The summed E-state index contributed by atoms with van der Waals surface area (Å²) in [6.07, 6.45) is -2.77. The van der Waals surface area contributed by atoms with E-state index in [4.69, 9.17) is 4.74 Å². The van der Waals surface area contributed by atoms with Crippen molar-refractivity contribution < 1.29 is 32.3 Å². The number of rotatable bonds is 14. The summed E-state index contributed by atoms with van der Waals surface area (Å²) in [6, 6.07) is 12.9. The van der Waals surface area contributed by atoms with Crippen LogP contribution >= 0.6 is 0 Å². The molecule has 0 radical (unpaired) electrons. The van der Waals surface area contributed by atoms with Crippen LogP contribution in [0.15, 0.2) is 54.6 Å². The highest BCUT2D eigenvalue weighted by atomic mass is 19.4. The lowest BCUT2D eigenvalue weighted by Gasteiger charge is -2.19. The van der Waals surface area contributed by atoms with Crippen molar-refractivity contribution in [3.8, 4) is 0 Å². The molecule has 0 saturated heterocycles. The highest BCUT2D eigenvalue weighted by molar-refractivity contribution is 5.97. The molecule has 2 aromatic rings. The third kappa shape index (κ3) is 13.5. The van der Waals surface area contributed by atoms with Crippen LogP contribution in [0.25, 0.3) is 0 Å². The maximum absolute atomic E-state index is 13.1. The lowest BCUT2D eigenvalue weighted by Crippen LogP contribution is -2.44. The number of hydrogen-bond donors (Lipinski definition) is 4. The monoisotopic (exact) mass is 564 g/mol. The molecule has 3 amide bonds. The molecule has 0 fully saturated rings. The van der Waals surface area contributed by atoms with Crippen molar-refractivity contribution in [2.24, 2.45) is 0 Å². The molecule has 40 heavy (non-hydrogen) atoms. The van der Waals surface area contributed by atoms with Gasteiger partial charge in [0, 0.05) is 25.2 Å². The fourth-order valence-corrected chi connectivity index (χ4v) is 3.72. The normalized spacial score (nSPS) is 12.3. The number of nitrogens with one attached hydrogen (secondary N) is 4. The van der Waals surface area contributed by atoms with Crippen molar-refractivity contribution >= 4 is 23.6 Å². The van der Waals surface area contributed by atoms with Gasteiger partial charge in [-0.1, -0.05) is 36.4 Å². The summed E-state index contributed by atoms with van der Waals surface area (Å²) in [4.78, 5) is 37.2. The molecule has 1 atom stereocenters. The average Bonchev–Trinajstić information content (AvgIpc) is 2.87. The first kappa shape index (κ1) is 32.6. The van der Waals surface area contributed by atoms with Crippen LogP contribution in [0, 0.1) is 0 Å². The molecule has 0 saturated carbocycles. The average molecular weight is 565 g/mol. The first-order valence-electron chi connectivity index (χ1n) is 13.3. The Labute approximate surface area is 233 Å². The van der Waals surface area contributed by atoms with E-state index in [9.17, 15) is 27.6 Å². The zero-order chi connectivity index (χ0) is 29.6. The predicted octanol–water partition coefficient (Wildman–Crippen LogP) is 5.05. The number of carbonyl (C=O) groups is 3. The van der Waals surface area contributed by atoms with Gasteiger partial charge in [0.25, 0.3) is 0 Å². The Morgan fingerprint density at radius 1 is 0.900 bits per heavy atom. The standard InChI is InChI=1S/C29H39F3N4O4/c1-28(2,3)40-27(39)34-19-18-33-17-8-7-14-25(37)36-24(16-15-21-10-5-4-6-11-21)26(38)35-23-13-9-12-22(20-23)29(30,31)32/h4-6,9-13,20,24,33H,7-8,14-19H2,1-3H3,(H,34,39)(H,35,38)(H,36,37)/t24-/m1/s1. The molecule has 0 bridgehead atoms. The van der Waals surface area contributed by atoms with Crippen LogP contribution in [-0.4, -0.2) is 49.2 Å². The summed E-state index contributed by atoms with van der Waals surface area (Å²) in [6.45, 7) is 6.94. The molecule has 0 spiro atoms. The molecule has 0 aliphatic rings. The van der Waals surface area contributed by atoms with Gasteiger partial charge in [0.2, 0.25) is 11.8 Å². The maximum atomic E-state index is 13.1. The Kier molecular flexibility index (Phi) is 12.9. The molecule has 2 rings (SSSR count). The molecule has 0 heterocycles. The zero-order valence-corrected chi connectivity index (χ0v) is 23.2. The molecular formula is C29H39F3N4O4. The minimum absolute atomic E-state index is 0.00557. The number of unbranched alkanes of at least 4 members (excludes halogenated alkanes) is 1. The predicted molar refractivity (Wildman–Crippen MR) is 148 cm³/mol. The van der Waals surface area contributed by atoms with Crippen molar-refractivity contribution in [2.45, 2.75) is 70.7 Å². The first-order valence-corrected chi connectivity index (χ1v) is 13.3. The van der Waals surface area contributed by atoms with Gasteiger partial charge in [-0.3, -0.25) is 9.59 Å². The summed E-state index contributed by atoms with van der Waals surface area (Å²) >= 11 is 0. The second kappa shape index (κ2) is 15.9. The zero-order valence-electron chi connectivity index (χ0n) is 23.2. The number of hydrogen-bond acceptors (Lipinski definition) is 5. The number of amides is 3. The molecule has 0 aromatic heterocycles. The van der Waals surface area contributed by atoms with Crippen LogP contribution in [0.5, 0.6) is 0 Å². The van der Waals surface area contributed by atoms with E-state index in [-0.39, 0.29) is 24.4 Å². The van der Waals surface area contributed by atoms with Crippen LogP contribution < -0.4 is 21.3 Å². The van der Waals surface area contributed by atoms with E-state index in [2.05, 4.69) is 21.3 Å². The van der Waals surface area contributed by atoms with Crippen LogP contribution in [0.1, 0.15) is 57.6 Å². The van der Waals surface area contributed by atoms with Gasteiger partial charge in [0.1, 0.15) is 11.6 Å². The van der Waals surface area contributed by atoms with E-state index < -0.39 is 35.4 Å². The second-order valence-corrected chi connectivity index (χ2v) is 10.3. The van der Waals surface area contributed by atoms with E-state index in [1.54, 1.807) is 20.8 Å². The van der Waals surface area contributed by atoms with E-state index >= 15 is 0 Å². The summed E-state index contributed by atoms with van der Waals surface area (Å²) in [5.41, 5.74) is -0.450. The number of alkyl halides is 3. The number of aryl methyl sites for hydroxylation is 1. The molecule has 11 heteroatoms. The third-order valence-corrected chi connectivity index (χ3v) is 5.65. The Morgan fingerprint density at radius 2 is 1.62 bits per heavy atom. The van der Waals surface area contributed by atoms with Gasteiger partial charge < -0.3 is 26.0 Å². The SMILES string of the molecule is CC(C)(C)OC(=O)NCCNCCCCC(=O)N[C@H](CCc1ccccc1)C(=O)Nc1cccc(C(F)(F)F)c1. The number of ether oxygens (including phenoxy) is 1. The van der Waals surface area contributed by atoms with Crippen molar-refractivity contribution in [1.82, 2.24) is 16.0 Å². The topological polar surface area (TPSA) is 109 Å². The Bertz CT molecular complexity index is 1090. The summed E-state index contributed by atoms with van der Waals surface area (Å²) in [5, 5.41) is 11.1. The van der Waals surface area contributed by atoms with Gasteiger partial charge in [0.05, 0.1) is 5.56 Å². The fourth-order valence-electron chi connectivity index (χ4n) is 3.72. The molecule has 0 aliphatic heterocycles. The smallest absolute Gasteiger partial charge is 0.416 e. The molecular weight excluding hydrogens is 525 g/mol. The lowest BCUT2D eigenvalue weighted by atomic mass is 10.0. The maximum Gasteiger partial charge on any atom is 0.416 e. The number of carbonyl (C=O) groups excluding carboxylic acids is 3. The highest BCUT2D eigenvalue weighted by Crippen LogP contribution is 2.30. The van der Waals surface area contributed by atoms with Gasteiger partial charge in [-0.05, 0) is 76.8 Å². The third-order valence-electron chi connectivity index (χ3n) is 5.65. The van der Waals surface area contributed by atoms with Gasteiger partial charge in [-0.15, -0.1) is 0 Å². The first-order chi connectivity index (χ1) is 18.8. The van der Waals surface area contributed by atoms with Crippen LogP contribution in [-0.2, 0) is 26.9 Å². The van der Waals surface area contributed by atoms with E-state index in [0.29, 0.717) is 38.9 Å². The largest absolute Gasteiger partial charge is 0.444 e. The highest BCUT2D eigenvalue weighted by Gasteiger charge is 2.31. The summed E-state index contributed by atoms with van der Waals surface area (Å²) < 4.78 is 44.4. The minimum Gasteiger partial charge on any atom is -0.444 e. The fraction of sp³-hybridized carbons (Fsp3) is 0.483. The number of halogens is 3. The van der Waals surface area contributed by atoms with Crippen molar-refractivity contribution in [2.75, 3.05) is 25.0 Å². The lowest BCUT2D eigenvalue weighted by molar-refractivity contribution is -0.137. The Balaban J connectivity index is 1.81. The number of benzene rings is 2. The Morgan fingerprint density at radius 3 is 2.30 bits per heavy atom. The minimum atomic E-state index is -4.54. The van der Waals surface area contributed by atoms with E-state index in [1.807, 2.05) is 30.3 Å². The van der Waals surface area contributed by atoms with Gasteiger partial charge >= 0.3 is 12.3 Å². The molecule has 220 valence electrons. The van der Waals surface area contributed by atoms with Gasteiger partial charge in [-0.25, -0.2) is 4.79 Å². The van der Waals surface area contributed by atoms with Gasteiger partial charge in [0.15, 0.2) is 0 Å². The van der Waals surface area contributed by atoms with Crippen molar-refractivity contribution in [1.29, 1.82) is 0 Å². The summed E-state index contributed by atoms with van der Waals surface area (Å²) in [7, 11) is 0. The van der Waals surface area contributed by atoms with Crippen LogP contribution in [0.4, 0.5) is 23.7 Å². The molecule has 4 N–H and O–H groups in total. The quantitative estimate of drug-likeness (QED) is 0.240. The molecule has 0 aliphatic carbocycles. The Hall–Kier alpha value is -3.60. The second-order valence-electron chi connectivity index (χ2n) is 10.3. The van der Waals surface area contributed by atoms with E-state index in [0.717, 1.165) is 17.7 Å². The number of anilines is 1. The molecule has 8 nitrogen and oxygen atoms in total. The number of alkyl carbamates (subject to hydrolysis) is 1. The summed E-state index contributed by atoms with van der Waals surface area (Å²) in [5.74, 6) is -0.897. The van der Waals surface area contributed by atoms with Crippen molar-refractivity contribution in [3.05, 3.63) is 65.7 Å². The molecule has 2 aromatic carbocycles.